The second-order valence-electron chi connectivity index (χ2n) is 7.45. The Labute approximate surface area is 157 Å². The second kappa shape index (κ2) is 7.39. The number of anilines is 1. The summed E-state index contributed by atoms with van der Waals surface area (Å²) >= 11 is 1.16. The van der Waals surface area contributed by atoms with Gasteiger partial charge in [0.25, 0.3) is 5.91 Å². The number of thiophene rings is 1. The van der Waals surface area contributed by atoms with Crippen molar-refractivity contribution in [2.75, 3.05) is 26.0 Å². The molecule has 2 saturated carbocycles. The van der Waals surface area contributed by atoms with E-state index in [0.717, 1.165) is 30.6 Å². The van der Waals surface area contributed by atoms with Gasteiger partial charge in [0.2, 0.25) is 5.91 Å². The van der Waals surface area contributed by atoms with Gasteiger partial charge in [-0.15, -0.1) is 11.3 Å². The lowest BCUT2D eigenvalue weighted by Gasteiger charge is -2.20. The molecule has 1 aromatic rings. The minimum atomic E-state index is -0.498. The van der Waals surface area contributed by atoms with Crippen molar-refractivity contribution in [2.45, 2.75) is 39.5 Å². The van der Waals surface area contributed by atoms with Crippen LogP contribution in [0.3, 0.4) is 0 Å². The highest BCUT2D eigenvalue weighted by Crippen LogP contribution is 2.49. The summed E-state index contributed by atoms with van der Waals surface area (Å²) in [5, 5.41) is 3.37. The Hall–Kier alpha value is -1.89. The summed E-state index contributed by atoms with van der Waals surface area (Å²) in [5.41, 5.74) is 0.869. The number of ether oxygens (including phenoxy) is 1. The van der Waals surface area contributed by atoms with E-state index < -0.39 is 5.97 Å². The zero-order chi connectivity index (χ0) is 19.0. The van der Waals surface area contributed by atoms with Gasteiger partial charge >= 0.3 is 5.97 Å². The van der Waals surface area contributed by atoms with E-state index in [9.17, 15) is 14.4 Å². The van der Waals surface area contributed by atoms with Gasteiger partial charge in [-0.25, -0.2) is 4.79 Å². The molecule has 2 aliphatic rings. The van der Waals surface area contributed by atoms with Crippen molar-refractivity contribution in [2.24, 2.45) is 17.8 Å². The highest BCUT2D eigenvalue weighted by Gasteiger charge is 2.43. The maximum Gasteiger partial charge on any atom is 0.341 e. The molecule has 0 aliphatic heterocycles. The zero-order valence-electron chi connectivity index (χ0n) is 15.8. The van der Waals surface area contributed by atoms with E-state index >= 15 is 0 Å². The number of nitrogens with one attached hydrogen (secondary N) is 1. The van der Waals surface area contributed by atoms with Crippen LogP contribution in [0.15, 0.2) is 0 Å². The van der Waals surface area contributed by atoms with Crippen LogP contribution in [0.25, 0.3) is 0 Å². The molecule has 1 N–H and O–H groups in total. The third kappa shape index (κ3) is 3.37. The van der Waals surface area contributed by atoms with Crippen molar-refractivity contribution in [1.29, 1.82) is 0 Å². The number of hydrogen-bond acceptors (Lipinski definition) is 5. The first-order valence-corrected chi connectivity index (χ1v) is 9.98. The Kier molecular flexibility index (Phi) is 5.37. The molecule has 6 nitrogen and oxygen atoms in total. The van der Waals surface area contributed by atoms with Crippen LogP contribution in [-0.4, -0.2) is 43.4 Å². The Morgan fingerprint density at radius 2 is 1.96 bits per heavy atom. The quantitative estimate of drug-likeness (QED) is 0.798. The molecule has 2 amide bonds. The third-order valence-electron chi connectivity index (χ3n) is 5.54. The number of hydrogen-bond donors (Lipinski definition) is 1. The van der Waals surface area contributed by atoms with Crippen LogP contribution in [-0.2, 0) is 9.53 Å². The molecule has 1 heterocycles. The van der Waals surface area contributed by atoms with Crippen LogP contribution in [0.1, 0.15) is 58.2 Å². The summed E-state index contributed by atoms with van der Waals surface area (Å²) < 4.78 is 5.15. The number of carbonyl (C=O) groups excluding carboxylic acids is 3. The molecule has 1 aromatic heterocycles. The predicted molar refractivity (Wildman–Crippen MR) is 101 cm³/mol. The van der Waals surface area contributed by atoms with Crippen LogP contribution in [0, 0.1) is 24.7 Å². The summed E-state index contributed by atoms with van der Waals surface area (Å²) in [4.78, 5) is 39.6. The van der Waals surface area contributed by atoms with E-state index in [1.165, 1.54) is 11.3 Å². The monoisotopic (exact) mass is 378 g/mol. The van der Waals surface area contributed by atoms with Gasteiger partial charge in [-0.05, 0) is 50.5 Å². The van der Waals surface area contributed by atoms with E-state index in [4.69, 9.17) is 4.74 Å². The van der Waals surface area contributed by atoms with Crippen LogP contribution in [0.4, 0.5) is 5.00 Å². The summed E-state index contributed by atoms with van der Waals surface area (Å²) in [6.45, 7) is 3.70. The third-order valence-corrected chi connectivity index (χ3v) is 6.73. The van der Waals surface area contributed by atoms with Crippen molar-refractivity contribution >= 4 is 34.1 Å². The first kappa shape index (κ1) is 18.9. The summed E-state index contributed by atoms with van der Waals surface area (Å²) in [6, 6.07) is 0. The van der Waals surface area contributed by atoms with Gasteiger partial charge in [-0.3, -0.25) is 9.59 Å². The van der Waals surface area contributed by atoms with Crippen molar-refractivity contribution in [3.63, 3.8) is 0 Å². The molecule has 0 spiro atoms. The zero-order valence-corrected chi connectivity index (χ0v) is 16.6. The van der Waals surface area contributed by atoms with Crippen molar-refractivity contribution in [3.05, 3.63) is 16.0 Å². The predicted octanol–water partition coefficient (Wildman–Crippen LogP) is 3.31. The lowest BCUT2D eigenvalue weighted by atomic mass is 9.88. The van der Waals surface area contributed by atoms with E-state index in [2.05, 4.69) is 5.32 Å². The standard InChI is InChI=1S/C19H26N2O4S/c1-5-25-19(24)14-10(2)15(18(23)21(3)4)26-17(14)20-16(22)13-9-11-6-7-12(13)8-11/h11-13H,5-9H2,1-4H3,(H,20,22). The Morgan fingerprint density at radius 3 is 2.50 bits per heavy atom. The SMILES string of the molecule is CCOC(=O)c1c(NC(=O)C2CC3CCC2C3)sc(C(=O)N(C)C)c1C. The summed E-state index contributed by atoms with van der Waals surface area (Å²) in [5.74, 6) is 0.416. The average Bonchev–Trinajstić information content (AvgIpc) is 3.28. The van der Waals surface area contributed by atoms with Crippen LogP contribution >= 0.6 is 11.3 Å². The van der Waals surface area contributed by atoms with Gasteiger partial charge in [0.1, 0.15) is 5.00 Å². The molecule has 2 bridgehead atoms. The lowest BCUT2D eigenvalue weighted by molar-refractivity contribution is -0.121. The Morgan fingerprint density at radius 1 is 1.23 bits per heavy atom. The number of nitrogens with zero attached hydrogens (tertiary/aromatic N) is 1. The average molecular weight is 378 g/mol. The highest BCUT2D eigenvalue weighted by molar-refractivity contribution is 7.18. The largest absolute Gasteiger partial charge is 0.462 e. The van der Waals surface area contributed by atoms with Crippen molar-refractivity contribution in [3.8, 4) is 0 Å². The summed E-state index contributed by atoms with van der Waals surface area (Å²) in [7, 11) is 3.33. The Balaban J connectivity index is 1.89. The first-order valence-electron chi connectivity index (χ1n) is 9.16. The molecule has 7 heteroatoms. The first-order chi connectivity index (χ1) is 12.3. The maximum absolute atomic E-state index is 12.8. The molecule has 3 atom stereocenters. The minimum absolute atomic E-state index is 0.0131. The fourth-order valence-corrected chi connectivity index (χ4v) is 5.45. The van der Waals surface area contributed by atoms with Crippen molar-refractivity contribution in [1.82, 2.24) is 4.90 Å². The number of esters is 1. The maximum atomic E-state index is 12.8. The van der Waals surface area contributed by atoms with Crippen LogP contribution in [0.2, 0.25) is 0 Å². The lowest BCUT2D eigenvalue weighted by Crippen LogP contribution is -2.27. The fraction of sp³-hybridized carbons (Fsp3) is 0.632. The number of rotatable bonds is 5. The van der Waals surface area contributed by atoms with E-state index in [-0.39, 0.29) is 24.3 Å². The number of fused-ring (bicyclic) bond motifs is 2. The van der Waals surface area contributed by atoms with Gasteiger partial charge in [0.15, 0.2) is 0 Å². The molecule has 3 unspecified atom stereocenters. The molecule has 0 saturated heterocycles. The van der Waals surface area contributed by atoms with Gasteiger partial charge in [0, 0.05) is 20.0 Å². The van der Waals surface area contributed by atoms with Crippen LogP contribution < -0.4 is 5.32 Å². The number of amides is 2. The molecule has 3 rings (SSSR count). The van der Waals surface area contributed by atoms with E-state index in [1.807, 2.05) is 0 Å². The molecule has 2 aliphatic carbocycles. The van der Waals surface area contributed by atoms with E-state index in [0.29, 0.717) is 32.8 Å². The molecule has 26 heavy (non-hydrogen) atoms. The highest BCUT2D eigenvalue weighted by atomic mass is 32.1. The molecular formula is C19H26N2O4S. The molecule has 0 radical (unpaired) electrons. The van der Waals surface area contributed by atoms with Crippen molar-refractivity contribution < 1.29 is 19.1 Å². The number of carbonyl (C=O) groups is 3. The molecule has 142 valence electrons. The van der Waals surface area contributed by atoms with Gasteiger partial charge in [-0.1, -0.05) is 6.42 Å². The van der Waals surface area contributed by atoms with Gasteiger partial charge in [-0.2, -0.15) is 0 Å². The summed E-state index contributed by atoms with van der Waals surface area (Å²) in [6.07, 6.45) is 4.40. The Bertz CT molecular complexity index is 740. The molecule has 2 fully saturated rings. The molecular weight excluding hydrogens is 352 g/mol. The van der Waals surface area contributed by atoms with Crippen LogP contribution in [0.5, 0.6) is 0 Å². The molecule has 0 aromatic carbocycles. The minimum Gasteiger partial charge on any atom is -0.462 e. The normalized spacial score (nSPS) is 23.8. The smallest absolute Gasteiger partial charge is 0.341 e. The topological polar surface area (TPSA) is 75.7 Å². The van der Waals surface area contributed by atoms with Gasteiger partial charge in [0.05, 0.1) is 17.0 Å². The fourth-order valence-electron chi connectivity index (χ4n) is 4.23. The van der Waals surface area contributed by atoms with Gasteiger partial charge < -0.3 is 15.0 Å². The van der Waals surface area contributed by atoms with E-state index in [1.54, 1.807) is 27.9 Å². The second-order valence-corrected chi connectivity index (χ2v) is 8.47.